The standard InChI is InChI=1S/C33H40O11/c1-18(34)41-21-16-17-31(4,40)33-26(37)22(30(2,3)44-33)25(42-29(39)24(36)23(35)19-12-8-6-9-13-19)27(32(21,33)5)43-28(38)20-14-10-7-11-15-20/h6-15,21-27,35-37,40H,16-17H2,1-5H3/t21-,22+,23?,24?,25-,26+,27-,31-,32-,33-/m0/s1. The van der Waals surface area contributed by atoms with E-state index in [9.17, 15) is 34.8 Å². The highest BCUT2D eigenvalue weighted by Gasteiger charge is 2.84. The van der Waals surface area contributed by atoms with Gasteiger partial charge in [-0.05, 0) is 58.2 Å². The quantitative estimate of drug-likeness (QED) is 0.267. The molecule has 10 atom stereocenters. The molecule has 2 aliphatic carbocycles. The molecular formula is C33H40O11. The van der Waals surface area contributed by atoms with E-state index in [4.69, 9.17) is 18.9 Å². The summed E-state index contributed by atoms with van der Waals surface area (Å²) in [7, 11) is 0. The van der Waals surface area contributed by atoms with Gasteiger partial charge in [0.25, 0.3) is 0 Å². The lowest BCUT2D eigenvalue weighted by molar-refractivity contribution is -0.336. The van der Waals surface area contributed by atoms with Crippen molar-refractivity contribution in [1.82, 2.24) is 0 Å². The Morgan fingerprint density at radius 2 is 1.50 bits per heavy atom. The summed E-state index contributed by atoms with van der Waals surface area (Å²) in [6.45, 7) is 7.61. The van der Waals surface area contributed by atoms with E-state index in [1.165, 1.54) is 38.1 Å². The smallest absolute Gasteiger partial charge is 0.338 e. The molecule has 238 valence electrons. The summed E-state index contributed by atoms with van der Waals surface area (Å²) in [6, 6.07) is 16.1. The van der Waals surface area contributed by atoms with Crippen LogP contribution >= 0.6 is 0 Å². The van der Waals surface area contributed by atoms with Crippen LogP contribution in [0.15, 0.2) is 60.7 Å². The number of hydrogen-bond donors (Lipinski definition) is 4. The summed E-state index contributed by atoms with van der Waals surface area (Å²) in [4.78, 5) is 39.5. The number of ether oxygens (including phenoxy) is 4. The minimum absolute atomic E-state index is 0.0756. The van der Waals surface area contributed by atoms with Gasteiger partial charge in [0.05, 0.1) is 34.2 Å². The zero-order valence-corrected chi connectivity index (χ0v) is 25.4. The van der Waals surface area contributed by atoms with Crippen LogP contribution in [0.1, 0.15) is 69.5 Å². The third kappa shape index (κ3) is 4.82. The van der Waals surface area contributed by atoms with Crippen LogP contribution in [-0.2, 0) is 28.5 Å². The van der Waals surface area contributed by atoms with Gasteiger partial charge in [0, 0.05) is 6.92 Å². The minimum atomic E-state index is -2.04. The highest BCUT2D eigenvalue weighted by molar-refractivity contribution is 5.89. The molecule has 2 saturated carbocycles. The highest BCUT2D eigenvalue weighted by atomic mass is 16.6. The molecule has 3 fully saturated rings. The third-order valence-electron chi connectivity index (χ3n) is 9.88. The SMILES string of the molecule is CC(=O)O[C@H]1CC[C@](C)(O)[C@]23OC(C)(C)[C@H]([C@H](OC(=O)C(O)C(O)c4ccccc4)[C@H](OC(=O)c4ccccc4)[C@]12C)[C@H]3O. The molecule has 1 saturated heterocycles. The highest BCUT2D eigenvalue weighted by Crippen LogP contribution is 2.68. The lowest BCUT2D eigenvalue weighted by Crippen LogP contribution is -2.81. The van der Waals surface area contributed by atoms with Crippen molar-refractivity contribution in [3.05, 3.63) is 71.8 Å². The number of esters is 3. The Morgan fingerprint density at radius 1 is 0.909 bits per heavy atom. The van der Waals surface area contributed by atoms with Crippen LogP contribution in [0.4, 0.5) is 0 Å². The maximum absolute atomic E-state index is 13.6. The largest absolute Gasteiger partial charge is 0.462 e. The molecule has 44 heavy (non-hydrogen) atoms. The Hall–Kier alpha value is -3.35. The number of carbonyl (C=O) groups excluding carboxylic acids is 3. The molecule has 1 spiro atoms. The number of hydrogen-bond acceptors (Lipinski definition) is 11. The van der Waals surface area contributed by atoms with Crippen LogP contribution < -0.4 is 0 Å². The van der Waals surface area contributed by atoms with Gasteiger partial charge in [-0.3, -0.25) is 4.79 Å². The van der Waals surface area contributed by atoms with Gasteiger partial charge >= 0.3 is 17.9 Å². The van der Waals surface area contributed by atoms with Gasteiger partial charge in [0.1, 0.15) is 23.9 Å². The van der Waals surface area contributed by atoms with Crippen molar-refractivity contribution < 1.29 is 53.8 Å². The first-order valence-corrected chi connectivity index (χ1v) is 14.7. The van der Waals surface area contributed by atoms with Crippen molar-refractivity contribution in [3.63, 3.8) is 0 Å². The van der Waals surface area contributed by atoms with Crippen molar-refractivity contribution >= 4 is 17.9 Å². The van der Waals surface area contributed by atoms with E-state index in [1.807, 2.05) is 0 Å². The second kappa shape index (κ2) is 11.2. The predicted octanol–water partition coefficient (Wildman–Crippen LogP) is 2.24. The van der Waals surface area contributed by atoms with Crippen LogP contribution in [0.3, 0.4) is 0 Å². The molecule has 1 aliphatic heterocycles. The molecule has 3 aliphatic rings. The molecule has 2 bridgehead atoms. The Labute approximate surface area is 255 Å². The van der Waals surface area contributed by atoms with Crippen molar-refractivity contribution in [1.29, 1.82) is 0 Å². The van der Waals surface area contributed by atoms with Crippen LogP contribution in [-0.4, -0.2) is 85.7 Å². The molecule has 11 heteroatoms. The summed E-state index contributed by atoms with van der Waals surface area (Å²) in [5.74, 6) is -3.76. The summed E-state index contributed by atoms with van der Waals surface area (Å²) in [6.07, 6.45) is -8.97. The summed E-state index contributed by atoms with van der Waals surface area (Å²) in [5, 5.41) is 45.7. The van der Waals surface area contributed by atoms with Crippen LogP contribution in [0, 0.1) is 11.3 Å². The fourth-order valence-corrected chi connectivity index (χ4v) is 7.88. The van der Waals surface area contributed by atoms with Crippen molar-refractivity contribution in [3.8, 4) is 0 Å². The maximum Gasteiger partial charge on any atom is 0.338 e. The van der Waals surface area contributed by atoms with Gasteiger partial charge in [-0.2, -0.15) is 0 Å². The Morgan fingerprint density at radius 3 is 2.09 bits per heavy atom. The lowest BCUT2D eigenvalue weighted by atomic mass is 9.47. The van der Waals surface area contributed by atoms with E-state index in [2.05, 4.69) is 0 Å². The summed E-state index contributed by atoms with van der Waals surface area (Å²) >= 11 is 0. The van der Waals surface area contributed by atoms with E-state index >= 15 is 0 Å². The van der Waals surface area contributed by atoms with Gasteiger partial charge in [-0.25, -0.2) is 9.59 Å². The number of aliphatic hydroxyl groups is 4. The third-order valence-corrected chi connectivity index (χ3v) is 9.88. The lowest BCUT2D eigenvalue weighted by Gasteiger charge is -2.64. The van der Waals surface area contributed by atoms with Gasteiger partial charge in [-0.1, -0.05) is 48.5 Å². The molecule has 0 amide bonds. The number of rotatable bonds is 7. The van der Waals surface area contributed by atoms with Crippen LogP contribution in [0.2, 0.25) is 0 Å². The van der Waals surface area contributed by atoms with E-state index in [0.29, 0.717) is 0 Å². The maximum atomic E-state index is 13.6. The molecule has 2 unspecified atom stereocenters. The van der Waals surface area contributed by atoms with Crippen molar-refractivity contribution in [2.75, 3.05) is 0 Å². The molecule has 0 radical (unpaired) electrons. The molecule has 0 aromatic heterocycles. The Kier molecular flexibility index (Phi) is 8.18. The fraction of sp³-hybridized carbons (Fsp3) is 0.545. The van der Waals surface area contributed by atoms with E-state index in [1.54, 1.807) is 57.2 Å². The first-order valence-electron chi connectivity index (χ1n) is 14.7. The number of fused-ring (bicyclic) bond motifs is 1. The van der Waals surface area contributed by atoms with Gasteiger partial charge in [-0.15, -0.1) is 0 Å². The molecule has 2 aromatic carbocycles. The van der Waals surface area contributed by atoms with Gasteiger partial charge in [0.2, 0.25) is 0 Å². The van der Waals surface area contributed by atoms with Crippen molar-refractivity contribution in [2.45, 2.75) is 101 Å². The average molecular weight is 613 g/mol. The Bertz CT molecular complexity index is 1390. The molecule has 4 N–H and O–H groups in total. The summed E-state index contributed by atoms with van der Waals surface area (Å²) < 4.78 is 24.5. The molecule has 5 rings (SSSR count). The molecule has 2 aromatic rings. The van der Waals surface area contributed by atoms with Gasteiger partial charge < -0.3 is 39.4 Å². The fourth-order valence-electron chi connectivity index (χ4n) is 7.88. The van der Waals surface area contributed by atoms with Crippen molar-refractivity contribution in [2.24, 2.45) is 11.3 Å². The first kappa shape index (κ1) is 32.1. The molecular weight excluding hydrogens is 572 g/mol. The number of aliphatic hydroxyl groups excluding tert-OH is 3. The molecule has 11 nitrogen and oxygen atoms in total. The Balaban J connectivity index is 1.64. The van der Waals surface area contributed by atoms with Crippen LogP contribution in [0.5, 0.6) is 0 Å². The summed E-state index contributed by atoms with van der Waals surface area (Å²) in [5.41, 5.74) is -6.08. The van der Waals surface area contributed by atoms with E-state index in [-0.39, 0.29) is 24.0 Å². The molecule has 1 heterocycles. The zero-order valence-electron chi connectivity index (χ0n) is 25.4. The van der Waals surface area contributed by atoms with Crippen LogP contribution in [0.25, 0.3) is 0 Å². The average Bonchev–Trinajstić information content (AvgIpc) is 3.17. The van der Waals surface area contributed by atoms with E-state index in [0.717, 1.165) is 0 Å². The first-order chi connectivity index (χ1) is 20.6. The topological polar surface area (TPSA) is 169 Å². The van der Waals surface area contributed by atoms with E-state index < -0.39 is 82.7 Å². The second-order valence-corrected chi connectivity index (χ2v) is 13.0. The zero-order chi connectivity index (χ0) is 32.2. The number of carbonyl (C=O) groups is 3. The second-order valence-electron chi connectivity index (χ2n) is 13.0. The predicted molar refractivity (Wildman–Crippen MR) is 154 cm³/mol. The minimum Gasteiger partial charge on any atom is -0.462 e. The van der Waals surface area contributed by atoms with Gasteiger partial charge in [0.15, 0.2) is 12.2 Å². The number of benzene rings is 2. The normalized spacial score (nSPS) is 36.8. The monoisotopic (exact) mass is 612 g/mol.